The molecule has 1 aromatic carbocycles. The quantitative estimate of drug-likeness (QED) is 0.0819. The predicted molar refractivity (Wildman–Crippen MR) is 154 cm³/mol. The molecule has 0 saturated heterocycles. The van der Waals surface area contributed by atoms with Crippen LogP contribution in [0.3, 0.4) is 0 Å². The number of unbranched alkanes of at least 4 members (excludes halogenated alkanes) is 8. The monoisotopic (exact) mass is 671 g/mol. The van der Waals surface area contributed by atoms with Crippen molar-refractivity contribution in [2.75, 3.05) is 5.33 Å². The normalized spacial score (nSPS) is 12.9. The molecular weight excluding hydrogens is 635 g/mol. The van der Waals surface area contributed by atoms with Gasteiger partial charge in [-0.15, -0.1) is 0 Å². The van der Waals surface area contributed by atoms with Gasteiger partial charge in [0.15, 0.2) is 0 Å². The lowest BCUT2D eigenvalue weighted by molar-refractivity contribution is -0.00835. The summed E-state index contributed by atoms with van der Waals surface area (Å²) in [5, 5.41) is 18.5. The maximum atomic E-state index is 15.6. The van der Waals surface area contributed by atoms with Crippen molar-refractivity contribution in [3.8, 4) is 6.07 Å². The molecule has 2 heterocycles. The van der Waals surface area contributed by atoms with E-state index in [0.717, 1.165) is 31.0 Å². The Morgan fingerprint density at radius 2 is 1.48 bits per heavy atom. The Kier molecular flexibility index (Phi) is 13.7. The number of phosphoric ester groups is 1. The summed E-state index contributed by atoms with van der Waals surface area (Å²) in [4.78, 5) is 27.5. The summed E-state index contributed by atoms with van der Waals surface area (Å²) in [5.41, 5.74) is -2.33. The third kappa shape index (κ3) is 10.6. The number of phosphoric acid groups is 1. The van der Waals surface area contributed by atoms with Gasteiger partial charge in [-0.1, -0.05) is 67.3 Å². The highest BCUT2D eigenvalue weighted by molar-refractivity contribution is 9.09. The second-order valence-electron chi connectivity index (χ2n) is 10.3. The fourth-order valence-corrected chi connectivity index (χ4v) is 6.20. The van der Waals surface area contributed by atoms with Crippen LogP contribution in [0.4, 0.5) is 8.78 Å². The molecule has 2 N–H and O–H groups in total. The minimum atomic E-state index is -5.25. The van der Waals surface area contributed by atoms with Gasteiger partial charge in [0.25, 0.3) is 0 Å². The van der Waals surface area contributed by atoms with E-state index in [9.17, 15) is 19.6 Å². The highest BCUT2D eigenvalue weighted by Crippen LogP contribution is 2.48. The molecule has 0 amide bonds. The Hall–Kier alpha value is -2.56. The maximum Gasteiger partial charge on any atom is 0.470 e. The Morgan fingerprint density at radius 3 is 1.95 bits per heavy atom. The predicted octanol–water partition coefficient (Wildman–Crippen LogP) is 6.15. The van der Waals surface area contributed by atoms with Crippen molar-refractivity contribution in [3.63, 3.8) is 0 Å². The molecule has 0 bridgehead atoms. The van der Waals surface area contributed by atoms with Crippen molar-refractivity contribution in [2.45, 2.75) is 95.2 Å². The molecule has 3 aromatic rings. The molecule has 0 fully saturated rings. The summed E-state index contributed by atoms with van der Waals surface area (Å²) >= 11 is 3.45. The number of rotatable bonds is 20. The van der Waals surface area contributed by atoms with Crippen LogP contribution in [0.15, 0.2) is 37.4 Å². The molecule has 42 heavy (non-hydrogen) atoms. The minimum absolute atomic E-state index is 0.00589. The number of alkyl halides is 1. The van der Waals surface area contributed by atoms with Gasteiger partial charge in [0.2, 0.25) is 0 Å². The lowest BCUT2D eigenvalue weighted by Gasteiger charge is -2.34. The number of nitriles is 1. The SMILES string of the molecule is N#CCC(CCCCCCCCCCCBr)c1cc(C(Cn2cncn2)(Cn2cncn2)OP(=O)(O)O)c(F)cc1F. The highest BCUT2D eigenvalue weighted by atomic mass is 79.9. The minimum Gasteiger partial charge on any atom is -0.303 e. The fraction of sp³-hybridized carbons (Fsp3) is 0.593. The Bertz CT molecular complexity index is 1270. The molecule has 0 spiro atoms. The van der Waals surface area contributed by atoms with Gasteiger partial charge < -0.3 is 9.79 Å². The Labute approximate surface area is 252 Å². The zero-order chi connectivity index (χ0) is 30.4. The molecule has 15 heteroatoms. The molecule has 1 atom stereocenters. The van der Waals surface area contributed by atoms with Gasteiger partial charge >= 0.3 is 7.82 Å². The highest BCUT2D eigenvalue weighted by Gasteiger charge is 2.44. The van der Waals surface area contributed by atoms with Crippen LogP contribution in [-0.2, 0) is 27.8 Å². The van der Waals surface area contributed by atoms with Crippen LogP contribution in [0.2, 0.25) is 0 Å². The zero-order valence-electron chi connectivity index (χ0n) is 23.4. The number of benzene rings is 1. The molecule has 0 aliphatic carbocycles. The van der Waals surface area contributed by atoms with Gasteiger partial charge in [0.1, 0.15) is 42.5 Å². The van der Waals surface area contributed by atoms with Crippen LogP contribution in [-0.4, -0.2) is 44.6 Å². The first-order chi connectivity index (χ1) is 20.2. The molecule has 0 aliphatic heterocycles. The summed E-state index contributed by atoms with van der Waals surface area (Å²) in [6.45, 7) is -0.780. The van der Waals surface area contributed by atoms with E-state index in [2.05, 4.69) is 42.2 Å². The first-order valence-corrected chi connectivity index (χ1v) is 16.7. The smallest absolute Gasteiger partial charge is 0.303 e. The lowest BCUT2D eigenvalue weighted by Crippen LogP contribution is -2.40. The van der Waals surface area contributed by atoms with E-state index in [1.54, 1.807) is 0 Å². The summed E-state index contributed by atoms with van der Waals surface area (Å²) in [5.74, 6) is -2.47. The van der Waals surface area contributed by atoms with Gasteiger partial charge in [-0.05, 0) is 30.4 Å². The second kappa shape index (κ2) is 16.9. The van der Waals surface area contributed by atoms with E-state index >= 15 is 8.78 Å². The molecular formula is C27H37BrF2N7O4P. The third-order valence-corrected chi connectivity index (χ3v) is 8.25. The average Bonchev–Trinajstić information content (AvgIpc) is 3.63. The van der Waals surface area contributed by atoms with E-state index in [-0.39, 0.29) is 30.6 Å². The van der Waals surface area contributed by atoms with Crippen molar-refractivity contribution < 1.29 is 27.7 Å². The second-order valence-corrected chi connectivity index (χ2v) is 12.3. The Morgan fingerprint density at radius 1 is 0.929 bits per heavy atom. The standard InChI is InChI=1S/C27H37BrF2N7O4P/c28-12-9-7-5-3-1-2-4-6-8-10-22(11-13-31)23-14-24(26(30)15-25(23)29)27(41-42(38,39)40,16-36-20-32-18-34-36)17-37-21-33-19-35-37/h14-15,18-22H,1-12,16-17H2,(H2,38,39,40). The van der Waals surface area contributed by atoms with Gasteiger partial charge in [-0.3, -0.25) is 4.52 Å². The van der Waals surface area contributed by atoms with E-state index in [0.29, 0.717) is 12.5 Å². The molecule has 0 saturated carbocycles. The van der Waals surface area contributed by atoms with Gasteiger partial charge in [-0.25, -0.2) is 32.7 Å². The molecule has 0 radical (unpaired) electrons. The van der Waals surface area contributed by atoms with E-state index in [4.69, 9.17) is 4.52 Å². The van der Waals surface area contributed by atoms with E-state index in [1.165, 1.54) is 72.8 Å². The number of hydrogen-bond donors (Lipinski definition) is 2. The molecule has 1 unspecified atom stereocenters. The largest absolute Gasteiger partial charge is 0.470 e. The van der Waals surface area contributed by atoms with E-state index in [1.807, 2.05) is 0 Å². The van der Waals surface area contributed by atoms with Crippen molar-refractivity contribution in [2.24, 2.45) is 0 Å². The first-order valence-electron chi connectivity index (χ1n) is 14.0. The van der Waals surface area contributed by atoms with Gasteiger partial charge in [0.05, 0.1) is 19.2 Å². The van der Waals surface area contributed by atoms with E-state index < -0.39 is 31.0 Å². The van der Waals surface area contributed by atoms with Gasteiger partial charge in [-0.2, -0.15) is 15.5 Å². The van der Waals surface area contributed by atoms with Crippen molar-refractivity contribution >= 4 is 23.8 Å². The topological polar surface area (TPSA) is 152 Å². The summed E-state index contributed by atoms with van der Waals surface area (Å²) in [6, 6.07) is 3.98. The summed E-state index contributed by atoms with van der Waals surface area (Å²) < 4.78 is 50.9. The number of aromatic nitrogens is 6. The fourth-order valence-electron chi connectivity index (χ4n) is 5.14. The van der Waals surface area contributed by atoms with Crippen LogP contribution < -0.4 is 0 Å². The third-order valence-electron chi connectivity index (χ3n) is 7.10. The molecule has 11 nitrogen and oxygen atoms in total. The zero-order valence-corrected chi connectivity index (χ0v) is 25.8. The van der Waals surface area contributed by atoms with Gasteiger partial charge in [0, 0.05) is 23.4 Å². The average molecular weight is 673 g/mol. The van der Waals surface area contributed by atoms with Crippen molar-refractivity contribution in [3.05, 3.63) is 60.2 Å². The Balaban J connectivity index is 1.86. The number of halogens is 3. The maximum absolute atomic E-state index is 15.6. The molecule has 3 rings (SSSR count). The first kappa shape index (κ1) is 33.9. The summed E-state index contributed by atoms with van der Waals surface area (Å²) in [6.07, 6.45) is 15.3. The van der Waals surface area contributed by atoms with Crippen LogP contribution in [0.25, 0.3) is 0 Å². The van der Waals surface area contributed by atoms with Crippen molar-refractivity contribution in [1.82, 2.24) is 29.5 Å². The molecule has 230 valence electrons. The van der Waals surface area contributed by atoms with Crippen LogP contribution in [0.1, 0.15) is 87.7 Å². The molecule has 0 aliphatic rings. The van der Waals surface area contributed by atoms with Crippen molar-refractivity contribution in [1.29, 1.82) is 5.26 Å². The van der Waals surface area contributed by atoms with Crippen LogP contribution in [0.5, 0.6) is 0 Å². The lowest BCUT2D eigenvalue weighted by atomic mass is 9.85. The molecule has 2 aromatic heterocycles. The number of hydrogen-bond acceptors (Lipinski definition) is 7. The summed E-state index contributed by atoms with van der Waals surface area (Å²) in [7, 11) is -5.25. The van der Waals surface area contributed by atoms with Crippen LogP contribution in [0, 0.1) is 23.0 Å². The number of nitrogens with zero attached hydrogens (tertiary/aromatic N) is 7. The van der Waals surface area contributed by atoms with Crippen LogP contribution >= 0.6 is 23.8 Å².